The minimum Gasteiger partial charge on any atom is -0.409 e. The minimum absolute atomic E-state index is 0.0222. The van der Waals surface area contributed by atoms with Gasteiger partial charge in [0, 0.05) is 29.1 Å². The smallest absolute Gasteiger partial charge is 0.143 e. The van der Waals surface area contributed by atoms with Crippen LogP contribution in [-0.4, -0.2) is 29.5 Å². The number of nitrogens with two attached hydrogens (primary N) is 1. The molecular weight excluding hydrogens is 273 g/mol. The average Bonchev–Trinajstić information content (AvgIpc) is 2.31. The van der Waals surface area contributed by atoms with Gasteiger partial charge in [-0.3, -0.25) is 0 Å². The molecule has 1 aromatic rings. The van der Waals surface area contributed by atoms with Crippen molar-refractivity contribution in [1.29, 1.82) is 0 Å². The van der Waals surface area contributed by atoms with Crippen LogP contribution >= 0.6 is 23.2 Å². The number of hydrogen-bond donors (Lipinski definition) is 2. The second-order valence-corrected chi connectivity index (χ2v) is 5.20. The van der Waals surface area contributed by atoms with Crippen molar-refractivity contribution in [2.45, 2.75) is 13.5 Å². The van der Waals surface area contributed by atoms with E-state index in [4.69, 9.17) is 34.1 Å². The molecule has 1 unspecified atom stereocenters. The summed E-state index contributed by atoms with van der Waals surface area (Å²) in [4.78, 5) is 2.05. The molecule has 0 bridgehead atoms. The number of hydrogen-bond acceptors (Lipinski definition) is 3. The Morgan fingerprint density at radius 3 is 2.72 bits per heavy atom. The Hall–Kier alpha value is -0.970. The van der Waals surface area contributed by atoms with E-state index in [1.54, 1.807) is 6.07 Å². The maximum Gasteiger partial charge on any atom is 0.143 e. The Morgan fingerprint density at radius 2 is 2.17 bits per heavy atom. The normalized spacial score (nSPS) is 13.9. The minimum atomic E-state index is -0.0222. The van der Waals surface area contributed by atoms with Crippen molar-refractivity contribution in [3.63, 3.8) is 0 Å². The molecule has 3 N–H and O–H groups in total. The quantitative estimate of drug-likeness (QED) is 0.379. The molecule has 0 fully saturated rings. The van der Waals surface area contributed by atoms with E-state index >= 15 is 0 Å². The van der Waals surface area contributed by atoms with E-state index in [0.29, 0.717) is 23.1 Å². The Morgan fingerprint density at radius 1 is 1.50 bits per heavy atom. The lowest BCUT2D eigenvalue weighted by atomic mass is 10.1. The van der Waals surface area contributed by atoms with Gasteiger partial charge in [-0.15, -0.1) is 0 Å². The maximum absolute atomic E-state index is 8.59. The first-order chi connectivity index (χ1) is 8.43. The van der Waals surface area contributed by atoms with Crippen LogP contribution < -0.4 is 5.73 Å². The van der Waals surface area contributed by atoms with Gasteiger partial charge in [0.15, 0.2) is 0 Å². The maximum atomic E-state index is 8.59. The van der Waals surface area contributed by atoms with Gasteiger partial charge in [-0.25, -0.2) is 0 Å². The number of halogens is 2. The van der Waals surface area contributed by atoms with E-state index in [-0.39, 0.29) is 11.8 Å². The van der Waals surface area contributed by atoms with Crippen molar-refractivity contribution in [1.82, 2.24) is 4.90 Å². The van der Waals surface area contributed by atoms with Crippen LogP contribution in [0.3, 0.4) is 0 Å². The molecule has 0 heterocycles. The number of oxime groups is 1. The van der Waals surface area contributed by atoms with Crippen LogP contribution in [0.5, 0.6) is 0 Å². The lowest BCUT2D eigenvalue weighted by Crippen LogP contribution is -2.32. The van der Waals surface area contributed by atoms with Crippen LogP contribution in [0.4, 0.5) is 0 Å². The lowest BCUT2D eigenvalue weighted by Gasteiger charge is -2.21. The van der Waals surface area contributed by atoms with Crippen molar-refractivity contribution in [2.75, 3.05) is 13.6 Å². The Bertz CT molecular complexity index is 437. The average molecular weight is 290 g/mol. The van der Waals surface area contributed by atoms with Crippen molar-refractivity contribution in [2.24, 2.45) is 16.8 Å². The van der Waals surface area contributed by atoms with Gasteiger partial charge in [0.2, 0.25) is 0 Å². The predicted octanol–water partition coefficient (Wildman–Crippen LogP) is 2.81. The predicted molar refractivity (Wildman–Crippen MR) is 75.4 cm³/mol. The van der Waals surface area contributed by atoms with E-state index in [1.807, 2.05) is 26.1 Å². The molecule has 0 saturated heterocycles. The summed E-state index contributed by atoms with van der Waals surface area (Å²) in [6.07, 6.45) is 0. The van der Waals surface area contributed by atoms with Crippen LogP contribution in [0.2, 0.25) is 10.0 Å². The molecule has 0 aliphatic carbocycles. The largest absolute Gasteiger partial charge is 0.409 e. The third-order valence-corrected chi connectivity index (χ3v) is 3.25. The highest BCUT2D eigenvalue weighted by atomic mass is 35.5. The molecule has 100 valence electrons. The standard InChI is InChI=1S/C12H17Cl2N3O/c1-8(12(15)16-18)6-17(2)7-9-3-4-10(13)5-11(9)14/h3-5,8,18H,6-7H2,1-2H3,(H2,15,16). The highest BCUT2D eigenvalue weighted by Gasteiger charge is 2.12. The van der Waals surface area contributed by atoms with Gasteiger partial charge in [0.1, 0.15) is 5.84 Å². The third-order valence-electron chi connectivity index (χ3n) is 2.66. The monoisotopic (exact) mass is 289 g/mol. The molecule has 0 aliphatic heterocycles. The first kappa shape index (κ1) is 15.1. The Labute approximate surface area is 117 Å². The molecule has 1 aromatic carbocycles. The van der Waals surface area contributed by atoms with Crippen LogP contribution in [0.25, 0.3) is 0 Å². The summed E-state index contributed by atoms with van der Waals surface area (Å²) in [5.74, 6) is 0.204. The molecule has 1 rings (SSSR count). The number of rotatable bonds is 5. The van der Waals surface area contributed by atoms with E-state index in [0.717, 1.165) is 5.56 Å². The summed E-state index contributed by atoms with van der Waals surface area (Å²) < 4.78 is 0. The van der Waals surface area contributed by atoms with Gasteiger partial charge < -0.3 is 15.8 Å². The molecule has 4 nitrogen and oxygen atoms in total. The van der Waals surface area contributed by atoms with Crippen LogP contribution in [-0.2, 0) is 6.54 Å². The summed E-state index contributed by atoms with van der Waals surface area (Å²) >= 11 is 11.9. The number of amidine groups is 1. The van der Waals surface area contributed by atoms with E-state index in [2.05, 4.69) is 10.1 Å². The SMILES string of the molecule is CC(CN(C)Cc1ccc(Cl)cc1Cl)C(N)=NO. The molecule has 0 radical (unpaired) electrons. The Kier molecular flexibility index (Phi) is 5.72. The molecule has 0 amide bonds. The van der Waals surface area contributed by atoms with Gasteiger partial charge in [0.25, 0.3) is 0 Å². The zero-order valence-corrected chi connectivity index (χ0v) is 11.9. The fraction of sp³-hybridized carbons (Fsp3) is 0.417. The third kappa shape index (κ3) is 4.37. The zero-order valence-electron chi connectivity index (χ0n) is 10.4. The summed E-state index contributed by atoms with van der Waals surface area (Å²) in [7, 11) is 1.95. The summed E-state index contributed by atoms with van der Waals surface area (Å²) in [5.41, 5.74) is 6.53. The molecule has 0 saturated carbocycles. The topological polar surface area (TPSA) is 61.8 Å². The second kappa shape index (κ2) is 6.83. The van der Waals surface area contributed by atoms with E-state index in [9.17, 15) is 0 Å². The molecule has 1 atom stereocenters. The summed E-state index contributed by atoms with van der Waals surface area (Å²) in [6.45, 7) is 3.25. The summed E-state index contributed by atoms with van der Waals surface area (Å²) in [5, 5.41) is 12.9. The molecule has 18 heavy (non-hydrogen) atoms. The fourth-order valence-corrected chi connectivity index (χ4v) is 2.13. The van der Waals surface area contributed by atoms with Gasteiger partial charge >= 0.3 is 0 Å². The first-order valence-corrected chi connectivity index (χ1v) is 6.29. The van der Waals surface area contributed by atoms with E-state index in [1.165, 1.54) is 0 Å². The van der Waals surface area contributed by atoms with Crippen LogP contribution in [0.15, 0.2) is 23.4 Å². The van der Waals surface area contributed by atoms with Gasteiger partial charge in [0.05, 0.1) is 0 Å². The van der Waals surface area contributed by atoms with Crippen molar-refractivity contribution < 1.29 is 5.21 Å². The highest BCUT2D eigenvalue weighted by Crippen LogP contribution is 2.22. The van der Waals surface area contributed by atoms with Crippen molar-refractivity contribution in [3.05, 3.63) is 33.8 Å². The molecule has 0 aromatic heterocycles. The van der Waals surface area contributed by atoms with E-state index < -0.39 is 0 Å². The Balaban J connectivity index is 2.62. The van der Waals surface area contributed by atoms with Gasteiger partial charge in [-0.1, -0.05) is 41.3 Å². The molecule has 6 heteroatoms. The lowest BCUT2D eigenvalue weighted by molar-refractivity contribution is 0.290. The molecule has 0 aliphatic rings. The van der Waals surface area contributed by atoms with Crippen molar-refractivity contribution in [3.8, 4) is 0 Å². The van der Waals surface area contributed by atoms with Crippen molar-refractivity contribution >= 4 is 29.0 Å². The molecule has 0 spiro atoms. The second-order valence-electron chi connectivity index (χ2n) is 4.36. The summed E-state index contributed by atoms with van der Waals surface area (Å²) in [6, 6.07) is 5.43. The van der Waals surface area contributed by atoms with Gasteiger partial charge in [-0.2, -0.15) is 0 Å². The first-order valence-electron chi connectivity index (χ1n) is 5.54. The van der Waals surface area contributed by atoms with Crippen LogP contribution in [0.1, 0.15) is 12.5 Å². The van der Waals surface area contributed by atoms with Crippen LogP contribution in [0, 0.1) is 5.92 Å². The van der Waals surface area contributed by atoms with Gasteiger partial charge in [-0.05, 0) is 24.7 Å². The zero-order chi connectivity index (χ0) is 13.7. The number of nitrogens with zero attached hydrogens (tertiary/aromatic N) is 2. The number of benzene rings is 1. The molecular formula is C12H17Cl2N3O. The fourth-order valence-electron chi connectivity index (χ4n) is 1.66. The highest BCUT2D eigenvalue weighted by molar-refractivity contribution is 6.35.